The average molecular weight is 287 g/mol. The normalized spacial score (nSPS) is 11.0. The molecule has 0 amide bonds. The predicted octanol–water partition coefficient (Wildman–Crippen LogP) is 3.11. The van der Waals surface area contributed by atoms with Gasteiger partial charge in [0.1, 0.15) is 0 Å². The Morgan fingerprint density at radius 1 is 1.10 bits per heavy atom. The minimum Gasteiger partial charge on any atom is -0.461 e. The number of ether oxygens (including phenoxy) is 1. The molecule has 0 atom stereocenters. The Balaban J connectivity index is 2.22. The highest BCUT2D eigenvalue weighted by Gasteiger charge is 2.08. The molecule has 0 spiro atoms. The topological polar surface area (TPSA) is 86.0 Å². The van der Waals surface area contributed by atoms with Gasteiger partial charge >= 0.3 is 6.01 Å². The van der Waals surface area contributed by atoms with Gasteiger partial charge in [-0.1, -0.05) is 26.0 Å². The largest absolute Gasteiger partial charge is 0.461 e. The molecule has 0 aliphatic carbocycles. The van der Waals surface area contributed by atoms with Crippen molar-refractivity contribution in [2.24, 2.45) is 0 Å². The van der Waals surface area contributed by atoms with Crippen LogP contribution in [0.3, 0.4) is 0 Å². The van der Waals surface area contributed by atoms with E-state index in [1.807, 2.05) is 26.0 Å². The van der Waals surface area contributed by atoms with E-state index in [2.05, 4.69) is 46.2 Å². The molecule has 21 heavy (non-hydrogen) atoms. The van der Waals surface area contributed by atoms with Gasteiger partial charge in [0.05, 0.1) is 6.10 Å². The van der Waals surface area contributed by atoms with Crippen molar-refractivity contribution >= 4 is 17.6 Å². The lowest BCUT2D eigenvalue weighted by Crippen LogP contribution is -2.11. The standard InChI is InChI=1S/C15H21N5O/c1-9(2)11-6-5-7-12(8-11)17-14-18-13(16)19-15(20-14)21-10(3)4/h5-10H,1-4H3,(H3,16,17,18,19,20). The summed E-state index contributed by atoms with van der Waals surface area (Å²) in [5.74, 6) is 0.956. The maximum absolute atomic E-state index is 5.68. The number of rotatable bonds is 5. The Kier molecular flexibility index (Phi) is 4.57. The van der Waals surface area contributed by atoms with Crippen molar-refractivity contribution in [3.63, 3.8) is 0 Å². The number of nitrogen functional groups attached to an aromatic ring is 1. The molecule has 3 N–H and O–H groups in total. The van der Waals surface area contributed by atoms with Crippen LogP contribution in [0.4, 0.5) is 17.6 Å². The molecule has 1 aromatic heterocycles. The van der Waals surface area contributed by atoms with E-state index in [1.165, 1.54) is 5.56 Å². The molecule has 1 aromatic carbocycles. The van der Waals surface area contributed by atoms with Gasteiger partial charge in [-0.2, -0.15) is 15.0 Å². The van der Waals surface area contributed by atoms with Crippen molar-refractivity contribution in [2.75, 3.05) is 11.1 Å². The zero-order valence-electron chi connectivity index (χ0n) is 12.8. The Morgan fingerprint density at radius 3 is 2.52 bits per heavy atom. The van der Waals surface area contributed by atoms with Crippen molar-refractivity contribution in [2.45, 2.75) is 39.7 Å². The van der Waals surface area contributed by atoms with Gasteiger partial charge in [-0.25, -0.2) is 0 Å². The summed E-state index contributed by atoms with van der Waals surface area (Å²) >= 11 is 0. The molecule has 0 fully saturated rings. The molecule has 0 saturated carbocycles. The van der Waals surface area contributed by atoms with E-state index in [9.17, 15) is 0 Å². The van der Waals surface area contributed by atoms with Gasteiger partial charge in [0.15, 0.2) is 0 Å². The Morgan fingerprint density at radius 2 is 1.86 bits per heavy atom. The van der Waals surface area contributed by atoms with Gasteiger partial charge in [0.2, 0.25) is 11.9 Å². The average Bonchev–Trinajstić information content (AvgIpc) is 2.37. The summed E-state index contributed by atoms with van der Waals surface area (Å²) in [6.07, 6.45) is -0.0241. The fourth-order valence-electron chi connectivity index (χ4n) is 1.80. The van der Waals surface area contributed by atoms with Gasteiger partial charge in [-0.15, -0.1) is 0 Å². The Labute approximate surface area is 124 Å². The van der Waals surface area contributed by atoms with Gasteiger partial charge in [0, 0.05) is 5.69 Å². The molecule has 0 radical (unpaired) electrons. The van der Waals surface area contributed by atoms with Crippen molar-refractivity contribution in [1.29, 1.82) is 0 Å². The molecule has 0 bridgehead atoms. The summed E-state index contributed by atoms with van der Waals surface area (Å²) in [4.78, 5) is 12.2. The minimum atomic E-state index is -0.0241. The first-order valence-electron chi connectivity index (χ1n) is 6.99. The zero-order chi connectivity index (χ0) is 15.4. The van der Waals surface area contributed by atoms with E-state index in [0.29, 0.717) is 11.9 Å². The van der Waals surface area contributed by atoms with Crippen LogP contribution in [0.15, 0.2) is 24.3 Å². The van der Waals surface area contributed by atoms with Crippen LogP contribution in [0.5, 0.6) is 6.01 Å². The van der Waals surface area contributed by atoms with Gasteiger partial charge < -0.3 is 15.8 Å². The zero-order valence-corrected chi connectivity index (χ0v) is 12.8. The molecule has 6 nitrogen and oxygen atoms in total. The first kappa shape index (κ1) is 15.0. The fraction of sp³-hybridized carbons (Fsp3) is 0.400. The highest BCUT2D eigenvalue weighted by molar-refractivity contribution is 5.55. The summed E-state index contributed by atoms with van der Waals surface area (Å²) in [6.45, 7) is 8.10. The lowest BCUT2D eigenvalue weighted by molar-refractivity contribution is 0.222. The number of hydrogen-bond donors (Lipinski definition) is 2. The molecule has 0 aliphatic rings. The van der Waals surface area contributed by atoms with Crippen molar-refractivity contribution in [1.82, 2.24) is 15.0 Å². The fourth-order valence-corrected chi connectivity index (χ4v) is 1.80. The van der Waals surface area contributed by atoms with Crippen LogP contribution in [0.1, 0.15) is 39.2 Å². The first-order chi connectivity index (χ1) is 9.94. The van der Waals surface area contributed by atoms with Crippen LogP contribution in [-0.2, 0) is 0 Å². The summed E-state index contributed by atoms with van der Waals surface area (Å²) < 4.78 is 5.45. The molecule has 0 unspecified atom stereocenters. The molecule has 112 valence electrons. The van der Waals surface area contributed by atoms with Crippen LogP contribution >= 0.6 is 0 Å². The monoisotopic (exact) mass is 287 g/mol. The number of aromatic nitrogens is 3. The quantitative estimate of drug-likeness (QED) is 0.878. The number of nitrogens with one attached hydrogen (secondary N) is 1. The SMILES string of the molecule is CC(C)Oc1nc(N)nc(Nc2cccc(C(C)C)c2)n1. The Bertz CT molecular complexity index is 613. The molecule has 2 rings (SSSR count). The number of hydrogen-bond acceptors (Lipinski definition) is 6. The second-order valence-electron chi connectivity index (χ2n) is 5.37. The third kappa shape index (κ3) is 4.30. The molecular weight excluding hydrogens is 266 g/mol. The van der Waals surface area contributed by atoms with E-state index < -0.39 is 0 Å². The lowest BCUT2D eigenvalue weighted by Gasteiger charge is -2.11. The molecule has 0 aliphatic heterocycles. The van der Waals surface area contributed by atoms with Crippen LogP contribution in [-0.4, -0.2) is 21.1 Å². The second-order valence-corrected chi connectivity index (χ2v) is 5.37. The van der Waals surface area contributed by atoms with Gasteiger partial charge in [0.25, 0.3) is 0 Å². The Hall–Kier alpha value is -2.37. The molecule has 1 heterocycles. The van der Waals surface area contributed by atoms with E-state index in [4.69, 9.17) is 10.5 Å². The van der Waals surface area contributed by atoms with Gasteiger partial charge in [-0.05, 0) is 37.5 Å². The third-order valence-electron chi connectivity index (χ3n) is 2.78. The lowest BCUT2D eigenvalue weighted by atomic mass is 10.0. The molecule has 6 heteroatoms. The van der Waals surface area contributed by atoms with E-state index in [-0.39, 0.29) is 18.1 Å². The van der Waals surface area contributed by atoms with E-state index >= 15 is 0 Å². The van der Waals surface area contributed by atoms with Crippen LogP contribution in [0, 0.1) is 0 Å². The maximum atomic E-state index is 5.68. The summed E-state index contributed by atoms with van der Waals surface area (Å²) in [7, 11) is 0. The number of anilines is 3. The molecule has 2 aromatic rings. The highest BCUT2D eigenvalue weighted by Crippen LogP contribution is 2.21. The third-order valence-corrected chi connectivity index (χ3v) is 2.78. The van der Waals surface area contributed by atoms with Crippen molar-refractivity contribution in [3.8, 4) is 6.01 Å². The smallest absolute Gasteiger partial charge is 0.323 e. The summed E-state index contributed by atoms with van der Waals surface area (Å²) in [5, 5.41) is 3.13. The van der Waals surface area contributed by atoms with Gasteiger partial charge in [-0.3, -0.25) is 0 Å². The highest BCUT2D eigenvalue weighted by atomic mass is 16.5. The number of benzene rings is 1. The molecular formula is C15H21N5O. The first-order valence-corrected chi connectivity index (χ1v) is 6.99. The van der Waals surface area contributed by atoms with Crippen LogP contribution in [0.25, 0.3) is 0 Å². The number of nitrogens with zero attached hydrogens (tertiary/aromatic N) is 3. The minimum absolute atomic E-state index is 0.0241. The van der Waals surface area contributed by atoms with E-state index in [0.717, 1.165) is 5.69 Å². The van der Waals surface area contributed by atoms with E-state index in [1.54, 1.807) is 0 Å². The summed E-state index contributed by atoms with van der Waals surface area (Å²) in [6, 6.07) is 8.32. The maximum Gasteiger partial charge on any atom is 0.323 e. The van der Waals surface area contributed by atoms with Crippen LogP contribution in [0.2, 0.25) is 0 Å². The van der Waals surface area contributed by atoms with Crippen molar-refractivity contribution < 1.29 is 4.74 Å². The number of nitrogens with two attached hydrogens (primary N) is 1. The van der Waals surface area contributed by atoms with Crippen LogP contribution < -0.4 is 15.8 Å². The van der Waals surface area contributed by atoms with Crippen molar-refractivity contribution in [3.05, 3.63) is 29.8 Å². The summed E-state index contributed by atoms with van der Waals surface area (Å²) in [5.41, 5.74) is 7.83. The predicted molar refractivity (Wildman–Crippen MR) is 83.8 cm³/mol. The molecule has 0 saturated heterocycles. The second kappa shape index (κ2) is 6.39.